The number of rotatable bonds is 3. The van der Waals surface area contributed by atoms with Crippen molar-refractivity contribution < 1.29 is 18.3 Å². The second-order valence-corrected chi connectivity index (χ2v) is 8.13. The second-order valence-electron chi connectivity index (χ2n) is 8.13. The van der Waals surface area contributed by atoms with Crippen molar-refractivity contribution in [3.63, 3.8) is 0 Å². The molecule has 4 aliphatic rings. The monoisotopic (exact) mass is 378 g/mol. The summed E-state index contributed by atoms with van der Waals surface area (Å²) in [4.78, 5) is 2.02. The van der Waals surface area contributed by atoms with Crippen LogP contribution in [0.2, 0.25) is 0 Å². The molecule has 3 saturated carbocycles. The normalized spacial score (nSPS) is 32.9. The Kier molecular flexibility index (Phi) is 3.84. The summed E-state index contributed by atoms with van der Waals surface area (Å²) in [7, 11) is 1.79. The van der Waals surface area contributed by atoms with E-state index in [0.29, 0.717) is 5.92 Å². The maximum Gasteiger partial charge on any atom is 0.387 e. The molecule has 2 atom stereocenters. The Balaban J connectivity index is 1.48. The lowest BCUT2D eigenvalue weighted by Gasteiger charge is -2.48. The van der Waals surface area contributed by atoms with E-state index in [-0.39, 0.29) is 11.4 Å². The molecular formula is C19H24F2N4O2. The van der Waals surface area contributed by atoms with Crippen LogP contribution in [-0.4, -0.2) is 34.9 Å². The van der Waals surface area contributed by atoms with Gasteiger partial charge < -0.3 is 14.4 Å². The molecule has 1 aromatic carbocycles. The number of aromatic nitrogens is 2. The fourth-order valence-corrected chi connectivity index (χ4v) is 5.41. The number of nitrogens with zero attached hydrogens (tertiary/aromatic N) is 3. The van der Waals surface area contributed by atoms with Gasteiger partial charge >= 0.3 is 6.61 Å². The first-order valence-corrected chi connectivity index (χ1v) is 9.57. The number of alkyl halides is 2. The minimum Gasteiger partial charge on any atom is -0.435 e. The zero-order valence-corrected chi connectivity index (χ0v) is 15.3. The Labute approximate surface area is 156 Å². The Morgan fingerprint density at radius 2 is 2.07 bits per heavy atom. The number of hydrogen-bond acceptors (Lipinski definition) is 5. The molecule has 1 saturated heterocycles. The molecule has 2 unspecified atom stereocenters. The number of benzene rings is 1. The molecular weight excluding hydrogens is 354 g/mol. The van der Waals surface area contributed by atoms with Crippen LogP contribution >= 0.6 is 0 Å². The number of aryl methyl sites for hydroxylation is 1. The van der Waals surface area contributed by atoms with Gasteiger partial charge in [0.1, 0.15) is 5.75 Å². The summed E-state index contributed by atoms with van der Waals surface area (Å²) in [5, 5.41) is 5.48. The molecule has 1 aromatic heterocycles. The van der Waals surface area contributed by atoms with Gasteiger partial charge in [0.25, 0.3) is 0 Å². The van der Waals surface area contributed by atoms with Gasteiger partial charge in [-0.05, 0) is 56.1 Å². The molecule has 8 heteroatoms. The first kappa shape index (κ1) is 17.2. The van der Waals surface area contributed by atoms with Crippen molar-refractivity contribution in [3.8, 4) is 5.75 Å². The second kappa shape index (κ2) is 6.04. The maximum absolute atomic E-state index is 12.5. The Hall–Kier alpha value is -1.93. The number of nitrogens with two attached hydrogens (primary N) is 1. The van der Waals surface area contributed by atoms with Crippen LogP contribution in [0.3, 0.4) is 0 Å². The maximum atomic E-state index is 12.5. The molecule has 2 N–H and O–H groups in total. The van der Waals surface area contributed by atoms with Gasteiger partial charge in [0, 0.05) is 18.5 Å². The van der Waals surface area contributed by atoms with E-state index in [1.165, 1.54) is 25.7 Å². The smallest absolute Gasteiger partial charge is 0.387 e. The molecule has 0 radical (unpaired) electrons. The van der Waals surface area contributed by atoms with E-state index in [9.17, 15) is 8.78 Å². The predicted octanol–water partition coefficient (Wildman–Crippen LogP) is 3.20. The number of anilines is 1. The summed E-state index contributed by atoms with van der Waals surface area (Å²) in [6.07, 6.45) is 5.54. The van der Waals surface area contributed by atoms with E-state index < -0.39 is 13.0 Å². The van der Waals surface area contributed by atoms with Crippen LogP contribution in [-0.2, 0) is 11.8 Å². The van der Waals surface area contributed by atoms with E-state index in [2.05, 4.69) is 9.84 Å². The summed E-state index contributed by atoms with van der Waals surface area (Å²) in [5.74, 6) is 2.15. The first-order chi connectivity index (χ1) is 12.9. The van der Waals surface area contributed by atoms with E-state index in [0.717, 1.165) is 35.6 Å². The molecule has 1 spiro atoms. The fourth-order valence-electron chi connectivity index (χ4n) is 5.41. The predicted molar refractivity (Wildman–Crippen MR) is 96.5 cm³/mol. The third kappa shape index (κ3) is 2.69. The molecule has 27 heavy (non-hydrogen) atoms. The Bertz CT molecular complexity index is 865. The van der Waals surface area contributed by atoms with E-state index in [4.69, 9.17) is 10.5 Å². The van der Waals surface area contributed by atoms with Crippen molar-refractivity contribution in [2.75, 3.05) is 11.4 Å². The van der Waals surface area contributed by atoms with Crippen LogP contribution in [0.4, 0.5) is 14.6 Å². The highest BCUT2D eigenvalue weighted by molar-refractivity contribution is 5.91. The third-order valence-electron chi connectivity index (χ3n) is 6.63. The van der Waals surface area contributed by atoms with Crippen molar-refractivity contribution in [1.82, 2.24) is 9.78 Å². The molecule has 2 heterocycles. The number of hydrogen-bond donors (Lipinski definition) is 1. The molecule has 0 amide bonds. The van der Waals surface area contributed by atoms with Gasteiger partial charge in [-0.25, -0.2) is 0 Å². The van der Waals surface area contributed by atoms with Crippen molar-refractivity contribution in [2.45, 2.75) is 50.7 Å². The average molecular weight is 378 g/mol. The van der Waals surface area contributed by atoms with Crippen LogP contribution in [0, 0.1) is 11.8 Å². The average Bonchev–Trinajstić information content (AvgIpc) is 3.12. The van der Waals surface area contributed by atoms with Crippen molar-refractivity contribution >= 4 is 16.7 Å². The minimum atomic E-state index is -2.85. The zero-order chi connectivity index (χ0) is 18.8. The molecule has 2 aromatic rings. The van der Waals surface area contributed by atoms with Gasteiger partial charge in [0.2, 0.25) is 0 Å². The zero-order valence-electron chi connectivity index (χ0n) is 15.3. The molecule has 146 valence electrons. The van der Waals surface area contributed by atoms with Gasteiger partial charge in [-0.2, -0.15) is 13.9 Å². The van der Waals surface area contributed by atoms with Crippen LogP contribution < -0.4 is 15.4 Å². The van der Waals surface area contributed by atoms with Crippen molar-refractivity contribution in [2.24, 2.45) is 24.6 Å². The van der Waals surface area contributed by atoms with Crippen molar-refractivity contribution in [3.05, 3.63) is 18.2 Å². The number of halogens is 2. The number of fused-ring (bicyclic) bond motifs is 3. The topological polar surface area (TPSA) is 65.5 Å². The quantitative estimate of drug-likeness (QED) is 0.889. The highest BCUT2D eigenvalue weighted by atomic mass is 19.3. The van der Waals surface area contributed by atoms with Gasteiger partial charge in [0.05, 0.1) is 17.7 Å². The van der Waals surface area contributed by atoms with E-state index in [1.807, 2.05) is 4.90 Å². The fraction of sp³-hybridized carbons (Fsp3) is 0.632. The highest BCUT2D eigenvalue weighted by Crippen LogP contribution is 2.52. The SMILES string of the molecule is Cn1nc(N2CC3(CC4CCC3CC4)OC2N)c2ccc(OC(F)F)cc21. The summed E-state index contributed by atoms with van der Waals surface area (Å²) < 4.78 is 37.6. The minimum absolute atomic E-state index is 0.120. The molecule has 6 nitrogen and oxygen atoms in total. The highest BCUT2D eigenvalue weighted by Gasteiger charge is 2.55. The Morgan fingerprint density at radius 3 is 2.74 bits per heavy atom. The van der Waals surface area contributed by atoms with Crippen LogP contribution in [0.1, 0.15) is 32.1 Å². The van der Waals surface area contributed by atoms with Crippen LogP contribution in [0.25, 0.3) is 10.9 Å². The molecule has 6 rings (SSSR count). The summed E-state index contributed by atoms with van der Waals surface area (Å²) >= 11 is 0. The number of ether oxygens (including phenoxy) is 2. The van der Waals surface area contributed by atoms with Crippen LogP contribution in [0.5, 0.6) is 5.75 Å². The first-order valence-electron chi connectivity index (χ1n) is 9.57. The van der Waals surface area contributed by atoms with Gasteiger partial charge in [0.15, 0.2) is 12.2 Å². The summed E-state index contributed by atoms with van der Waals surface area (Å²) in [5.41, 5.74) is 6.92. The largest absolute Gasteiger partial charge is 0.435 e. The molecule has 1 aliphatic heterocycles. The van der Waals surface area contributed by atoms with E-state index >= 15 is 0 Å². The molecule has 3 aliphatic carbocycles. The summed E-state index contributed by atoms with van der Waals surface area (Å²) in [6.45, 7) is -2.12. The Morgan fingerprint density at radius 1 is 1.30 bits per heavy atom. The van der Waals surface area contributed by atoms with Crippen LogP contribution in [0.15, 0.2) is 18.2 Å². The standard InChI is InChI=1S/C19H24F2N4O2/c1-24-15-8-13(26-17(20)21)6-7-14(15)16(23-24)25-10-19(27-18(25)22)9-11-2-4-12(19)5-3-11/h6-8,11-12,17-18H,2-5,9-10,22H2,1H3. The lowest BCUT2D eigenvalue weighted by atomic mass is 9.62. The molecule has 2 bridgehead atoms. The van der Waals surface area contributed by atoms with Gasteiger partial charge in [-0.3, -0.25) is 10.4 Å². The van der Waals surface area contributed by atoms with Crippen molar-refractivity contribution in [1.29, 1.82) is 0 Å². The summed E-state index contributed by atoms with van der Waals surface area (Å²) in [6, 6.07) is 4.89. The molecule has 4 fully saturated rings. The van der Waals surface area contributed by atoms with E-state index in [1.54, 1.807) is 29.9 Å². The lowest BCUT2D eigenvalue weighted by molar-refractivity contribution is -0.127. The van der Waals surface area contributed by atoms with Gasteiger partial charge in [-0.1, -0.05) is 0 Å². The lowest BCUT2D eigenvalue weighted by Crippen LogP contribution is -2.50. The third-order valence-corrected chi connectivity index (χ3v) is 6.63. The van der Waals surface area contributed by atoms with Gasteiger partial charge in [-0.15, -0.1) is 0 Å².